The van der Waals surface area contributed by atoms with Crippen molar-refractivity contribution in [2.45, 2.75) is 135 Å². The Morgan fingerprint density at radius 3 is 1.32 bits per heavy atom. The molecule has 4 rings (SSSR count). The second-order valence-electron chi connectivity index (χ2n) is 18.9. The zero-order chi connectivity index (χ0) is 43.1. The van der Waals surface area contributed by atoms with Crippen LogP contribution < -0.4 is 30.4 Å². The first-order chi connectivity index (χ1) is 26.1. The average molecular weight is 833 g/mol. The number of carbonyl (C=O) groups excluding carboxylic acids is 2. The van der Waals surface area contributed by atoms with Crippen LogP contribution in [0, 0.1) is 0 Å². The zero-order valence-corrected chi connectivity index (χ0v) is 38.6. The van der Waals surface area contributed by atoms with Crippen LogP contribution in [-0.2, 0) is 8.85 Å². The summed E-state index contributed by atoms with van der Waals surface area (Å²) in [5, 5.41) is 21.2. The van der Waals surface area contributed by atoms with Gasteiger partial charge in [0, 0.05) is 44.5 Å². The fourth-order valence-electron chi connectivity index (χ4n) is 7.02. The molecule has 320 valence electrons. The van der Waals surface area contributed by atoms with Gasteiger partial charge < -0.3 is 59.3 Å². The Balaban J connectivity index is 1.42. The van der Waals surface area contributed by atoms with Gasteiger partial charge in [-0.15, -0.1) is 0 Å². The van der Waals surface area contributed by atoms with Crippen molar-refractivity contribution in [3.63, 3.8) is 0 Å². The number of rotatable bonds is 14. The molecule has 2 amide bonds. The van der Waals surface area contributed by atoms with Gasteiger partial charge in [0.2, 0.25) is 0 Å². The van der Waals surface area contributed by atoms with Crippen LogP contribution in [0.25, 0.3) is 0 Å². The van der Waals surface area contributed by atoms with Crippen LogP contribution in [0.15, 0.2) is 24.3 Å². The third kappa shape index (κ3) is 9.85. The molecule has 14 nitrogen and oxygen atoms in total. The van der Waals surface area contributed by atoms with Gasteiger partial charge in [-0.05, 0) is 62.2 Å². The summed E-state index contributed by atoms with van der Waals surface area (Å²) in [5.41, 5.74) is 11.8. The van der Waals surface area contributed by atoms with E-state index in [1.165, 1.54) is 26.4 Å². The minimum atomic E-state index is -2.32. The van der Waals surface area contributed by atoms with Crippen molar-refractivity contribution in [1.29, 1.82) is 0 Å². The predicted octanol–water partition coefficient (Wildman–Crippen LogP) is 6.61. The number of nitrogens with two attached hydrogens (primary N) is 2. The van der Waals surface area contributed by atoms with E-state index in [-0.39, 0.29) is 82.2 Å². The van der Waals surface area contributed by atoms with Crippen molar-refractivity contribution < 1.29 is 47.6 Å². The summed E-state index contributed by atoms with van der Waals surface area (Å²) in [6.07, 6.45) is -0.439. The van der Waals surface area contributed by atoms with E-state index in [0.717, 1.165) is 0 Å². The van der Waals surface area contributed by atoms with Gasteiger partial charge in [-0.25, -0.2) is 0 Å². The summed E-state index contributed by atoms with van der Waals surface area (Å²) in [7, 11) is -1.69. The molecule has 0 saturated carbocycles. The van der Waals surface area contributed by atoms with E-state index in [0.29, 0.717) is 30.8 Å². The van der Waals surface area contributed by atoms with Crippen molar-refractivity contribution in [2.24, 2.45) is 0 Å². The molecule has 0 spiro atoms. The minimum Gasteiger partial charge on any atom is -0.496 e. The van der Waals surface area contributed by atoms with Crippen molar-refractivity contribution in [2.75, 3.05) is 52.0 Å². The van der Waals surface area contributed by atoms with Crippen LogP contribution in [0.2, 0.25) is 36.3 Å². The lowest BCUT2D eigenvalue weighted by Gasteiger charge is -2.46. The molecule has 0 aliphatic carbocycles. The van der Waals surface area contributed by atoms with Crippen LogP contribution in [-0.4, -0.2) is 113 Å². The van der Waals surface area contributed by atoms with Crippen LogP contribution in [0.3, 0.4) is 0 Å². The molecule has 2 aromatic carbocycles. The molecule has 2 heterocycles. The third-order valence-corrected chi connectivity index (χ3v) is 21.3. The standard InChI is InChI=1S/C41H68N4O10Si2/c1-38(2,3)56(11,12)54-40(7)22-26(46)24-44(40)36(48)28-18-30(42)34(20-32(28)50-9)52-16-15-17-53-35-21-33(51-10)29(19-31(35)43)37(49)45-25-27(47)23-41(45,8)55-57(13,14)39(4,5)6/h18-21,26-27,46-47H,15-17,22-25,42-43H2,1-14H3/t26-,27-,40+,41+/m1/s1. The highest BCUT2D eigenvalue weighted by atomic mass is 28.4. The number of hydrogen-bond donors (Lipinski definition) is 4. The SMILES string of the molecule is COc1cc(OCCCOc2cc(OC)c(C(=O)N3C[C@H](O)C[C@]3(C)O[Si](C)(C)C(C)(C)C)cc2N)c(N)cc1C(=O)N1C[C@H](O)C[C@]1(C)O[Si](C)(C)C(C)(C)C. The van der Waals surface area contributed by atoms with Gasteiger partial charge in [0.15, 0.2) is 16.6 Å². The molecule has 16 heteroatoms. The molecule has 0 unspecified atom stereocenters. The highest BCUT2D eigenvalue weighted by molar-refractivity contribution is 6.74. The van der Waals surface area contributed by atoms with E-state index in [2.05, 4.69) is 67.7 Å². The molecule has 2 fully saturated rings. The van der Waals surface area contributed by atoms with Gasteiger partial charge >= 0.3 is 0 Å². The Morgan fingerprint density at radius 1 is 0.684 bits per heavy atom. The van der Waals surface area contributed by atoms with Gasteiger partial charge in [0.1, 0.15) is 34.4 Å². The number of hydrogen-bond acceptors (Lipinski definition) is 12. The van der Waals surface area contributed by atoms with E-state index >= 15 is 0 Å². The van der Waals surface area contributed by atoms with Crippen LogP contribution in [0.5, 0.6) is 23.0 Å². The Bertz CT molecular complexity index is 1670. The number of likely N-dealkylation sites (tertiary alicyclic amines) is 2. The van der Waals surface area contributed by atoms with Gasteiger partial charge in [-0.1, -0.05) is 41.5 Å². The smallest absolute Gasteiger partial charge is 0.260 e. The number of nitrogen functional groups attached to an aromatic ring is 2. The maximum Gasteiger partial charge on any atom is 0.260 e. The predicted molar refractivity (Wildman–Crippen MR) is 227 cm³/mol. The molecule has 6 N–H and O–H groups in total. The van der Waals surface area contributed by atoms with Gasteiger partial charge in [0.25, 0.3) is 11.8 Å². The van der Waals surface area contributed by atoms with Crippen LogP contribution in [0.4, 0.5) is 11.4 Å². The van der Waals surface area contributed by atoms with Gasteiger partial charge in [-0.2, -0.15) is 0 Å². The number of carbonyl (C=O) groups is 2. The first-order valence-corrected chi connectivity index (χ1v) is 25.5. The van der Waals surface area contributed by atoms with E-state index in [1.807, 2.05) is 13.8 Å². The lowest BCUT2D eigenvalue weighted by atomic mass is 10.1. The van der Waals surface area contributed by atoms with E-state index in [9.17, 15) is 19.8 Å². The molecular weight excluding hydrogens is 765 g/mol. The number of β-amino-alcohol motifs (C(OH)–C–C–N with tert-alkyl or cyclic N) is 2. The highest BCUT2D eigenvalue weighted by Gasteiger charge is 2.53. The molecule has 0 aromatic heterocycles. The monoisotopic (exact) mass is 832 g/mol. The second kappa shape index (κ2) is 16.6. The molecule has 4 atom stereocenters. The Labute approximate surface area is 341 Å². The topological polar surface area (TPSA) is 188 Å². The maximum atomic E-state index is 14.0. The van der Waals surface area contributed by atoms with Crippen LogP contribution in [0.1, 0.15) is 95.4 Å². The first-order valence-electron chi connectivity index (χ1n) is 19.7. The molecule has 0 radical (unpaired) electrons. The number of methoxy groups -OCH3 is 2. The first kappa shape index (κ1) is 46.1. The highest BCUT2D eigenvalue weighted by Crippen LogP contribution is 2.46. The largest absolute Gasteiger partial charge is 0.496 e. The molecule has 2 saturated heterocycles. The lowest BCUT2D eigenvalue weighted by molar-refractivity contribution is -0.0383. The molecular formula is C41H68N4O10Si2. The summed E-state index contributed by atoms with van der Waals surface area (Å²) in [5.74, 6) is 0.520. The average Bonchev–Trinajstić information content (AvgIpc) is 3.54. The number of ether oxygens (including phenoxy) is 4. The summed E-state index contributed by atoms with van der Waals surface area (Å²) in [6.45, 7) is 25.7. The maximum absolute atomic E-state index is 14.0. The molecule has 57 heavy (non-hydrogen) atoms. The lowest BCUT2D eigenvalue weighted by Crippen LogP contribution is -2.55. The summed E-state index contributed by atoms with van der Waals surface area (Å²) in [4.78, 5) is 31.2. The second-order valence-corrected chi connectivity index (χ2v) is 28.3. The van der Waals surface area contributed by atoms with Crippen molar-refractivity contribution in [3.05, 3.63) is 35.4 Å². The number of nitrogens with zero attached hydrogens (tertiary/aromatic N) is 2. The molecule has 2 aliphatic heterocycles. The minimum absolute atomic E-state index is 0.0992. The molecule has 0 bridgehead atoms. The molecule has 2 aliphatic rings. The number of benzene rings is 2. The Hall–Kier alpha value is -3.55. The normalized spacial score (nSPS) is 23.2. The van der Waals surface area contributed by atoms with E-state index in [4.69, 9.17) is 39.3 Å². The van der Waals surface area contributed by atoms with Gasteiger partial charge in [0.05, 0.1) is 62.1 Å². The van der Waals surface area contributed by atoms with Crippen molar-refractivity contribution in [3.8, 4) is 23.0 Å². The quantitative estimate of drug-likeness (QED) is 0.0908. The summed E-state index contributed by atoms with van der Waals surface area (Å²) < 4.78 is 36.7. The summed E-state index contributed by atoms with van der Waals surface area (Å²) >= 11 is 0. The zero-order valence-electron chi connectivity index (χ0n) is 36.6. The number of aliphatic hydroxyl groups excluding tert-OH is 2. The fourth-order valence-corrected chi connectivity index (χ4v) is 10.2. The summed E-state index contributed by atoms with van der Waals surface area (Å²) in [6, 6.07) is 6.24. The van der Waals surface area contributed by atoms with E-state index < -0.39 is 40.3 Å². The molecule has 2 aromatic rings. The van der Waals surface area contributed by atoms with Crippen molar-refractivity contribution >= 4 is 39.8 Å². The Morgan fingerprint density at radius 2 is 1.02 bits per heavy atom. The number of aliphatic hydroxyl groups is 2. The Kier molecular flexibility index (Phi) is 13.4. The third-order valence-electron chi connectivity index (χ3n) is 12.1. The number of amides is 2. The van der Waals surface area contributed by atoms with Crippen LogP contribution >= 0.6 is 0 Å². The van der Waals surface area contributed by atoms with Gasteiger partial charge in [-0.3, -0.25) is 9.59 Å². The van der Waals surface area contributed by atoms with E-state index in [1.54, 1.807) is 21.9 Å². The van der Waals surface area contributed by atoms with Crippen molar-refractivity contribution in [1.82, 2.24) is 9.80 Å². The number of anilines is 2. The fraction of sp³-hybridized carbons (Fsp3) is 0.659.